The molecule has 2 N–H and O–H groups in total. The minimum Gasteiger partial charge on any atom is -0.383 e. The molecule has 6 rings (SSSR count). The number of benzene rings is 1. The van der Waals surface area contributed by atoms with E-state index in [0.717, 1.165) is 5.65 Å². The van der Waals surface area contributed by atoms with Crippen LogP contribution in [0.3, 0.4) is 0 Å². The van der Waals surface area contributed by atoms with E-state index in [4.69, 9.17) is 10.5 Å². The second kappa shape index (κ2) is 7.22. The number of carbonyl (C=O) groups is 1. The molecule has 0 aliphatic carbocycles. The van der Waals surface area contributed by atoms with E-state index in [1.165, 1.54) is 6.07 Å². The van der Waals surface area contributed by atoms with Gasteiger partial charge in [0.25, 0.3) is 5.91 Å². The maximum atomic E-state index is 15.3. The maximum absolute atomic E-state index is 15.3. The molecular weight excluding hydrogens is 437 g/mol. The van der Waals surface area contributed by atoms with E-state index in [1.807, 2.05) is 41.9 Å². The van der Waals surface area contributed by atoms with E-state index in [1.54, 1.807) is 28.9 Å². The van der Waals surface area contributed by atoms with Crippen LogP contribution in [-0.4, -0.2) is 53.7 Å². The third-order valence-corrected chi connectivity index (χ3v) is 6.48. The molecule has 172 valence electrons. The third-order valence-electron chi connectivity index (χ3n) is 6.48. The number of aromatic nitrogens is 5. The summed E-state index contributed by atoms with van der Waals surface area (Å²) >= 11 is 0. The number of imidazole rings is 1. The Balaban J connectivity index is 1.47. The molecule has 4 aromatic heterocycles. The van der Waals surface area contributed by atoms with E-state index in [-0.39, 0.29) is 17.9 Å². The highest BCUT2D eigenvalue weighted by Gasteiger charge is 2.43. The number of amides is 1. The smallest absolute Gasteiger partial charge is 0.257 e. The first kappa shape index (κ1) is 20.5. The van der Waals surface area contributed by atoms with Crippen LogP contribution < -0.4 is 5.73 Å². The number of ether oxygens (including phenoxy) is 1. The average Bonchev–Trinajstić information content (AvgIpc) is 3.39. The summed E-state index contributed by atoms with van der Waals surface area (Å²) in [6, 6.07) is 8.51. The van der Waals surface area contributed by atoms with Gasteiger partial charge in [0.2, 0.25) is 0 Å². The minimum atomic E-state index is -0.658. The lowest BCUT2D eigenvalue weighted by Crippen LogP contribution is -2.61. The summed E-state index contributed by atoms with van der Waals surface area (Å²) in [6.07, 6.45) is 5.39. The van der Waals surface area contributed by atoms with Gasteiger partial charge in [-0.25, -0.2) is 14.4 Å². The van der Waals surface area contributed by atoms with Gasteiger partial charge in [-0.3, -0.25) is 9.48 Å². The number of aryl methyl sites for hydroxylation is 1. The monoisotopic (exact) mass is 459 g/mol. The molecule has 1 aliphatic heterocycles. The van der Waals surface area contributed by atoms with Crippen molar-refractivity contribution in [3.8, 4) is 0 Å². The topological polar surface area (TPSA) is 104 Å². The van der Waals surface area contributed by atoms with Crippen molar-refractivity contribution in [2.24, 2.45) is 7.05 Å². The van der Waals surface area contributed by atoms with Gasteiger partial charge in [-0.2, -0.15) is 5.10 Å². The number of nitrogens with two attached hydrogens (primary N) is 1. The van der Waals surface area contributed by atoms with Crippen LogP contribution in [0.15, 0.2) is 48.9 Å². The van der Waals surface area contributed by atoms with Gasteiger partial charge >= 0.3 is 0 Å². The van der Waals surface area contributed by atoms with Crippen molar-refractivity contribution in [2.45, 2.75) is 19.0 Å². The Morgan fingerprint density at radius 3 is 2.82 bits per heavy atom. The molecule has 0 unspecified atom stereocenters. The fraction of sp³-hybridized carbons (Fsp3) is 0.250. The van der Waals surface area contributed by atoms with Gasteiger partial charge in [-0.15, -0.1) is 0 Å². The highest BCUT2D eigenvalue weighted by molar-refractivity contribution is 6.10. The molecule has 1 saturated heterocycles. The number of rotatable bonds is 4. The molecule has 1 aromatic carbocycles. The molecule has 0 saturated carbocycles. The number of nitrogen functional groups attached to an aromatic ring is 1. The number of halogens is 1. The van der Waals surface area contributed by atoms with Crippen molar-refractivity contribution in [2.75, 3.05) is 18.9 Å². The molecule has 1 fully saturated rings. The Morgan fingerprint density at radius 2 is 2.09 bits per heavy atom. The molecule has 1 aliphatic rings. The molecule has 0 spiro atoms. The lowest BCUT2D eigenvalue weighted by Gasteiger charge is -2.47. The number of pyridine rings is 2. The summed E-state index contributed by atoms with van der Waals surface area (Å²) in [4.78, 5) is 24.4. The van der Waals surface area contributed by atoms with E-state index in [9.17, 15) is 4.79 Å². The van der Waals surface area contributed by atoms with Gasteiger partial charge in [0.15, 0.2) is 0 Å². The Labute approximate surface area is 193 Å². The fourth-order valence-corrected chi connectivity index (χ4v) is 4.58. The fourth-order valence-electron chi connectivity index (χ4n) is 4.58. The van der Waals surface area contributed by atoms with E-state index in [0.29, 0.717) is 40.7 Å². The van der Waals surface area contributed by atoms with Gasteiger partial charge in [0.1, 0.15) is 17.3 Å². The van der Waals surface area contributed by atoms with Crippen molar-refractivity contribution in [1.29, 1.82) is 0 Å². The van der Waals surface area contributed by atoms with Gasteiger partial charge in [-0.05, 0) is 25.1 Å². The van der Waals surface area contributed by atoms with Gasteiger partial charge < -0.3 is 19.8 Å². The quantitative estimate of drug-likeness (QED) is 0.443. The number of carbonyl (C=O) groups excluding carboxylic acids is 1. The Morgan fingerprint density at radius 1 is 1.26 bits per heavy atom. The van der Waals surface area contributed by atoms with E-state index in [2.05, 4.69) is 15.1 Å². The summed E-state index contributed by atoms with van der Waals surface area (Å²) in [6.45, 7) is 2.89. The van der Waals surface area contributed by atoms with Gasteiger partial charge in [-0.1, -0.05) is 6.07 Å². The number of fused-ring (bicyclic) bond motifs is 4. The lowest BCUT2D eigenvalue weighted by atomic mass is 9.95. The molecular formula is C24H22FN7O2. The SMILES string of the molecule is Cn1ncc2c(N)nc3cc(F)c(C(=O)N(Cc4cn5ccccc5n4)C4(C)COC4)cc3c21. The molecule has 9 nitrogen and oxygen atoms in total. The molecule has 0 atom stereocenters. The van der Waals surface area contributed by atoms with Crippen molar-refractivity contribution in [3.05, 3.63) is 66.0 Å². The number of nitrogens with zero attached hydrogens (tertiary/aromatic N) is 6. The minimum absolute atomic E-state index is 0.0431. The summed E-state index contributed by atoms with van der Waals surface area (Å²) in [7, 11) is 1.77. The Hall–Kier alpha value is -4.05. The first-order valence-corrected chi connectivity index (χ1v) is 10.9. The van der Waals surface area contributed by atoms with Crippen LogP contribution in [0.1, 0.15) is 23.0 Å². The van der Waals surface area contributed by atoms with Crippen LogP contribution in [0.5, 0.6) is 0 Å². The van der Waals surface area contributed by atoms with E-state index >= 15 is 4.39 Å². The van der Waals surface area contributed by atoms with Crippen molar-refractivity contribution < 1.29 is 13.9 Å². The summed E-state index contributed by atoms with van der Waals surface area (Å²) in [5.41, 5.74) is 7.98. The van der Waals surface area contributed by atoms with E-state index < -0.39 is 17.3 Å². The summed E-state index contributed by atoms with van der Waals surface area (Å²) in [5.74, 6) is -0.828. The van der Waals surface area contributed by atoms with Gasteiger partial charge in [0, 0.05) is 30.9 Å². The Kier molecular flexibility index (Phi) is 4.37. The van der Waals surface area contributed by atoms with Crippen LogP contribution in [0, 0.1) is 5.82 Å². The number of hydrogen-bond donors (Lipinski definition) is 1. The van der Waals surface area contributed by atoms with Crippen LogP contribution in [0.25, 0.3) is 27.5 Å². The molecule has 1 amide bonds. The molecule has 34 heavy (non-hydrogen) atoms. The molecule has 10 heteroatoms. The average molecular weight is 459 g/mol. The third kappa shape index (κ3) is 3.02. The predicted octanol–water partition coefficient (Wildman–Crippen LogP) is 2.92. The highest BCUT2D eigenvalue weighted by Crippen LogP contribution is 2.32. The normalized spacial score (nSPS) is 15.1. The zero-order valence-electron chi connectivity index (χ0n) is 18.7. The van der Waals surface area contributed by atoms with Gasteiger partial charge in [0.05, 0.1) is 59.2 Å². The summed E-state index contributed by atoms with van der Waals surface area (Å²) < 4.78 is 24.3. The van der Waals surface area contributed by atoms with Crippen molar-refractivity contribution >= 4 is 39.2 Å². The maximum Gasteiger partial charge on any atom is 0.257 e. The van der Waals surface area contributed by atoms with Crippen molar-refractivity contribution in [1.82, 2.24) is 29.0 Å². The summed E-state index contributed by atoms with van der Waals surface area (Å²) in [5, 5.41) is 5.52. The standard InChI is InChI=1S/C24H22FN7O2/c1-24(12-34-13-24)32(11-14-10-31-6-4-3-5-20(31)28-14)23(33)15-7-16-19(8-18(15)25)29-22(26)17-9-27-30(2)21(16)17/h3-10H,11-13H2,1-2H3,(H2,26,29). The highest BCUT2D eigenvalue weighted by atomic mass is 19.1. The van der Waals surface area contributed by atoms with Crippen LogP contribution >= 0.6 is 0 Å². The molecule has 0 bridgehead atoms. The largest absolute Gasteiger partial charge is 0.383 e. The molecule has 5 heterocycles. The van der Waals surface area contributed by atoms with Crippen LogP contribution in [0.4, 0.5) is 10.2 Å². The lowest BCUT2D eigenvalue weighted by molar-refractivity contribution is -0.118. The second-order valence-corrected chi connectivity index (χ2v) is 8.96. The predicted molar refractivity (Wildman–Crippen MR) is 125 cm³/mol. The molecule has 5 aromatic rings. The number of anilines is 1. The Bertz CT molecular complexity index is 1570. The first-order valence-electron chi connectivity index (χ1n) is 10.9. The van der Waals surface area contributed by atoms with Crippen LogP contribution in [-0.2, 0) is 18.3 Å². The van der Waals surface area contributed by atoms with Crippen LogP contribution in [0.2, 0.25) is 0 Å². The number of hydrogen-bond acceptors (Lipinski definition) is 6. The zero-order valence-corrected chi connectivity index (χ0v) is 18.7. The molecule has 0 radical (unpaired) electrons. The first-order chi connectivity index (χ1) is 16.3. The zero-order chi connectivity index (χ0) is 23.6. The second-order valence-electron chi connectivity index (χ2n) is 8.96. The van der Waals surface area contributed by atoms with Crippen molar-refractivity contribution in [3.63, 3.8) is 0 Å².